The lowest BCUT2D eigenvalue weighted by molar-refractivity contribution is 0.393. The number of amidine groups is 1. The predicted molar refractivity (Wildman–Crippen MR) is 49.7 cm³/mol. The molecule has 0 unspecified atom stereocenters. The third kappa shape index (κ3) is 1.78. The number of nitrogens with one attached hydrogen (secondary N) is 1. The van der Waals surface area contributed by atoms with E-state index < -0.39 is 0 Å². The molecule has 0 amide bonds. The Labute approximate surface area is 73.2 Å². The summed E-state index contributed by atoms with van der Waals surface area (Å²) >= 11 is 0. The molecule has 0 saturated heterocycles. The summed E-state index contributed by atoms with van der Waals surface area (Å²) in [5.74, 6) is 1.30. The molecule has 0 atom stereocenters. The van der Waals surface area contributed by atoms with Crippen LogP contribution in [-0.4, -0.2) is 10.9 Å². The molecule has 1 heterocycles. The van der Waals surface area contributed by atoms with Crippen molar-refractivity contribution >= 4 is 5.84 Å². The highest BCUT2D eigenvalue weighted by Gasteiger charge is 2.14. The van der Waals surface area contributed by atoms with Crippen LogP contribution in [0.2, 0.25) is 0 Å². The minimum atomic E-state index is 0.153. The molecular formula is C9H15N2O. The van der Waals surface area contributed by atoms with E-state index in [0.29, 0.717) is 5.92 Å². The van der Waals surface area contributed by atoms with Gasteiger partial charge in [-0.05, 0) is 6.42 Å². The van der Waals surface area contributed by atoms with Crippen LogP contribution in [0, 0.1) is 12.5 Å². The van der Waals surface area contributed by atoms with Crippen molar-refractivity contribution in [1.82, 2.24) is 5.32 Å². The van der Waals surface area contributed by atoms with Gasteiger partial charge in [-0.3, -0.25) is 0 Å². The topological polar surface area (TPSA) is 44.6 Å². The fourth-order valence-electron chi connectivity index (χ4n) is 1.000. The molecule has 3 nitrogen and oxygen atoms in total. The summed E-state index contributed by atoms with van der Waals surface area (Å²) in [7, 11) is 0. The van der Waals surface area contributed by atoms with Crippen molar-refractivity contribution in [2.45, 2.75) is 27.2 Å². The van der Waals surface area contributed by atoms with Crippen LogP contribution in [0.3, 0.4) is 0 Å². The van der Waals surface area contributed by atoms with Gasteiger partial charge in [-0.15, -0.1) is 0 Å². The average molecular weight is 167 g/mol. The maximum Gasteiger partial charge on any atom is 0.213 e. The second kappa shape index (κ2) is 3.61. The molecule has 0 saturated carbocycles. The number of aliphatic hydroxyl groups excluding tert-OH is 1. The number of hydrogen-bond donors (Lipinski definition) is 2. The Kier molecular flexibility index (Phi) is 2.74. The zero-order chi connectivity index (χ0) is 9.14. The molecular weight excluding hydrogens is 152 g/mol. The Bertz CT molecular complexity index is 229. The highest BCUT2D eigenvalue weighted by Crippen LogP contribution is 2.15. The molecule has 0 aromatic carbocycles. The highest BCUT2D eigenvalue weighted by atomic mass is 16.3. The molecule has 0 bridgehead atoms. The Balaban J connectivity index is 2.81. The number of aliphatic hydroxyl groups is 1. The van der Waals surface area contributed by atoms with Crippen LogP contribution in [0.1, 0.15) is 27.2 Å². The maximum absolute atomic E-state index is 9.41. The van der Waals surface area contributed by atoms with E-state index in [0.717, 1.165) is 17.8 Å². The van der Waals surface area contributed by atoms with E-state index in [2.05, 4.69) is 10.3 Å². The van der Waals surface area contributed by atoms with Gasteiger partial charge in [0.2, 0.25) is 5.88 Å². The standard InChI is InChI=1S/C9H15N2O/c1-4-7-5-10-8(6(2)3)11-9(7)12/h5-6,12H,4H2,1-3H3,(H,10,11). The highest BCUT2D eigenvalue weighted by molar-refractivity contribution is 5.86. The van der Waals surface area contributed by atoms with E-state index in [4.69, 9.17) is 0 Å². The van der Waals surface area contributed by atoms with E-state index in [1.807, 2.05) is 27.3 Å². The van der Waals surface area contributed by atoms with Crippen LogP contribution in [0.25, 0.3) is 0 Å². The van der Waals surface area contributed by atoms with Crippen molar-refractivity contribution in [2.75, 3.05) is 0 Å². The molecule has 1 aliphatic rings. The number of hydrogen-bond acceptors (Lipinski definition) is 3. The Hall–Kier alpha value is -0.990. The molecule has 1 rings (SSSR count). The second-order valence-electron chi connectivity index (χ2n) is 3.14. The van der Waals surface area contributed by atoms with E-state index in [1.165, 1.54) is 0 Å². The molecule has 1 radical (unpaired) electrons. The van der Waals surface area contributed by atoms with Crippen molar-refractivity contribution in [3.63, 3.8) is 0 Å². The fourth-order valence-corrected chi connectivity index (χ4v) is 1.000. The molecule has 0 aromatic heterocycles. The molecule has 67 valence electrons. The quantitative estimate of drug-likeness (QED) is 0.660. The largest absolute Gasteiger partial charge is 0.493 e. The van der Waals surface area contributed by atoms with Crippen LogP contribution < -0.4 is 5.32 Å². The zero-order valence-corrected chi connectivity index (χ0v) is 7.76. The molecule has 0 fully saturated rings. The first-order chi connectivity index (χ1) is 5.65. The van der Waals surface area contributed by atoms with Gasteiger partial charge in [-0.2, -0.15) is 0 Å². The summed E-state index contributed by atoms with van der Waals surface area (Å²) in [5, 5.41) is 12.5. The van der Waals surface area contributed by atoms with Crippen molar-refractivity contribution in [2.24, 2.45) is 10.9 Å². The van der Waals surface area contributed by atoms with Gasteiger partial charge in [0.1, 0.15) is 5.84 Å². The SMILES string of the molecule is CCC1=C(O)N=C(C(C)C)N[CH]1. The number of rotatable bonds is 2. The van der Waals surface area contributed by atoms with E-state index >= 15 is 0 Å². The van der Waals surface area contributed by atoms with Gasteiger partial charge in [0.25, 0.3) is 0 Å². The minimum absolute atomic E-state index is 0.153. The zero-order valence-electron chi connectivity index (χ0n) is 7.76. The van der Waals surface area contributed by atoms with Crippen LogP contribution in [0.5, 0.6) is 0 Å². The molecule has 3 heteroatoms. The number of nitrogens with zero attached hydrogens (tertiary/aromatic N) is 1. The summed E-state index contributed by atoms with van der Waals surface area (Å²) in [4.78, 5) is 4.04. The Morgan fingerprint density at radius 1 is 1.58 bits per heavy atom. The van der Waals surface area contributed by atoms with Gasteiger partial charge >= 0.3 is 0 Å². The number of aliphatic imine (C=N–C) groups is 1. The molecule has 1 aliphatic heterocycles. The lowest BCUT2D eigenvalue weighted by Gasteiger charge is -2.18. The van der Waals surface area contributed by atoms with Gasteiger partial charge < -0.3 is 10.4 Å². The van der Waals surface area contributed by atoms with Gasteiger partial charge in [0.05, 0.1) is 6.54 Å². The summed E-state index contributed by atoms with van der Waals surface area (Å²) in [6, 6.07) is 0. The lowest BCUT2D eigenvalue weighted by Crippen LogP contribution is -2.29. The summed E-state index contributed by atoms with van der Waals surface area (Å²) in [6.07, 6.45) is 0.799. The van der Waals surface area contributed by atoms with Gasteiger partial charge in [0, 0.05) is 11.5 Å². The first-order valence-corrected chi connectivity index (χ1v) is 4.25. The first kappa shape index (κ1) is 9.10. The molecule has 0 aliphatic carbocycles. The first-order valence-electron chi connectivity index (χ1n) is 4.25. The van der Waals surface area contributed by atoms with Crippen molar-refractivity contribution in [3.05, 3.63) is 18.0 Å². The van der Waals surface area contributed by atoms with Crippen molar-refractivity contribution in [1.29, 1.82) is 0 Å². The van der Waals surface area contributed by atoms with Gasteiger partial charge in [-0.25, -0.2) is 4.99 Å². The molecule has 0 spiro atoms. The smallest absolute Gasteiger partial charge is 0.213 e. The van der Waals surface area contributed by atoms with E-state index in [1.54, 1.807) is 0 Å². The van der Waals surface area contributed by atoms with Crippen LogP contribution >= 0.6 is 0 Å². The monoisotopic (exact) mass is 167 g/mol. The Morgan fingerprint density at radius 3 is 2.67 bits per heavy atom. The van der Waals surface area contributed by atoms with Gasteiger partial charge in [0.15, 0.2) is 0 Å². The Morgan fingerprint density at radius 2 is 2.25 bits per heavy atom. The third-order valence-electron chi connectivity index (χ3n) is 1.84. The van der Waals surface area contributed by atoms with E-state index in [9.17, 15) is 5.11 Å². The second-order valence-corrected chi connectivity index (χ2v) is 3.14. The normalized spacial score (nSPS) is 17.8. The molecule has 12 heavy (non-hydrogen) atoms. The van der Waals surface area contributed by atoms with E-state index in [-0.39, 0.29) is 5.88 Å². The average Bonchev–Trinajstić information content (AvgIpc) is 2.04. The van der Waals surface area contributed by atoms with Crippen molar-refractivity contribution in [3.8, 4) is 0 Å². The lowest BCUT2D eigenvalue weighted by atomic mass is 10.1. The fraction of sp³-hybridized carbons (Fsp3) is 0.556. The summed E-state index contributed by atoms with van der Waals surface area (Å²) < 4.78 is 0. The molecule has 0 aromatic rings. The summed E-state index contributed by atoms with van der Waals surface area (Å²) in [6.45, 7) is 7.87. The predicted octanol–water partition coefficient (Wildman–Crippen LogP) is 1.99. The molecule has 2 N–H and O–H groups in total. The van der Waals surface area contributed by atoms with Gasteiger partial charge in [-0.1, -0.05) is 20.8 Å². The third-order valence-corrected chi connectivity index (χ3v) is 1.84. The van der Waals surface area contributed by atoms with Crippen molar-refractivity contribution < 1.29 is 5.11 Å². The maximum atomic E-state index is 9.41. The summed E-state index contributed by atoms with van der Waals surface area (Å²) in [5.41, 5.74) is 0.861. The minimum Gasteiger partial charge on any atom is -0.493 e. The van der Waals surface area contributed by atoms with Crippen LogP contribution in [0.4, 0.5) is 0 Å². The van der Waals surface area contributed by atoms with Crippen LogP contribution in [-0.2, 0) is 0 Å². The van der Waals surface area contributed by atoms with Crippen LogP contribution in [0.15, 0.2) is 16.4 Å².